The third-order valence-corrected chi connectivity index (χ3v) is 6.82. The van der Waals surface area contributed by atoms with Gasteiger partial charge in [0.25, 0.3) is 5.91 Å². The molecule has 0 bridgehead atoms. The zero-order valence-electron chi connectivity index (χ0n) is 18.6. The van der Waals surface area contributed by atoms with Crippen molar-refractivity contribution in [1.82, 2.24) is 4.90 Å². The first kappa shape index (κ1) is 23.3. The van der Waals surface area contributed by atoms with Crippen molar-refractivity contribution < 1.29 is 9.59 Å². The van der Waals surface area contributed by atoms with Crippen molar-refractivity contribution in [3.8, 4) is 0 Å². The summed E-state index contributed by atoms with van der Waals surface area (Å²) in [4.78, 5) is 29.2. The molecule has 170 valence electrons. The minimum atomic E-state index is -0.426. The molecular weight excluding hydrogens is 455 g/mol. The number of aryl methyl sites for hydroxylation is 2. The second kappa shape index (κ2) is 9.98. The number of rotatable bonds is 4. The zero-order chi connectivity index (χ0) is 23.5. The number of anilines is 1. The Morgan fingerprint density at radius 3 is 2.33 bits per heavy atom. The molecule has 4 nitrogen and oxygen atoms in total. The topological polar surface area (TPSA) is 49.4 Å². The summed E-state index contributed by atoms with van der Waals surface area (Å²) in [5.41, 5.74) is 3.99. The first-order chi connectivity index (χ1) is 15.9. The average molecular weight is 481 g/mol. The van der Waals surface area contributed by atoms with Crippen LogP contribution in [0.1, 0.15) is 45.9 Å². The standard InChI is InChI=1S/C27H26Cl2N2O2/c1-17-8-6-9-18(2)24(17)27(33)31-15-7-12-21(25(31)19-10-4-3-5-11-19)26(32)30-23-16-20(28)13-14-22(23)29/h3-6,8-11,13-14,16,21,25H,7,12,15H2,1-2H3,(H,30,32). The molecule has 1 saturated heterocycles. The summed E-state index contributed by atoms with van der Waals surface area (Å²) < 4.78 is 0. The van der Waals surface area contributed by atoms with Crippen molar-refractivity contribution in [2.24, 2.45) is 5.92 Å². The van der Waals surface area contributed by atoms with Crippen LogP contribution in [0.15, 0.2) is 66.7 Å². The van der Waals surface area contributed by atoms with Crippen LogP contribution < -0.4 is 5.32 Å². The highest BCUT2D eigenvalue weighted by Crippen LogP contribution is 2.39. The quantitative estimate of drug-likeness (QED) is 0.444. The highest BCUT2D eigenvalue weighted by Gasteiger charge is 2.40. The molecule has 0 aromatic heterocycles. The molecule has 6 heteroatoms. The lowest BCUT2D eigenvalue weighted by Gasteiger charge is -2.41. The fourth-order valence-electron chi connectivity index (χ4n) is 4.67. The molecule has 33 heavy (non-hydrogen) atoms. The summed E-state index contributed by atoms with van der Waals surface area (Å²) in [5, 5.41) is 3.86. The van der Waals surface area contributed by atoms with E-state index in [0.717, 1.165) is 23.1 Å². The first-order valence-corrected chi connectivity index (χ1v) is 11.8. The van der Waals surface area contributed by atoms with Crippen LogP contribution in [0.4, 0.5) is 5.69 Å². The number of hydrogen-bond acceptors (Lipinski definition) is 2. The third kappa shape index (κ3) is 4.92. The Labute approximate surface area is 204 Å². The molecule has 1 aliphatic heterocycles. The fraction of sp³-hybridized carbons (Fsp3) is 0.259. The van der Waals surface area contributed by atoms with Gasteiger partial charge in [0.1, 0.15) is 0 Å². The minimum absolute atomic E-state index is 0.0438. The molecule has 1 heterocycles. The molecule has 2 unspecified atom stereocenters. The summed E-state index contributed by atoms with van der Waals surface area (Å²) >= 11 is 12.4. The van der Waals surface area contributed by atoms with E-state index < -0.39 is 5.92 Å². The lowest BCUT2D eigenvalue weighted by Crippen LogP contribution is -2.46. The SMILES string of the molecule is Cc1cccc(C)c1C(=O)N1CCCC(C(=O)Nc2cc(Cl)ccc2Cl)C1c1ccccc1. The Morgan fingerprint density at radius 2 is 1.64 bits per heavy atom. The van der Waals surface area contributed by atoms with Gasteiger partial charge >= 0.3 is 0 Å². The monoisotopic (exact) mass is 480 g/mol. The minimum Gasteiger partial charge on any atom is -0.331 e. The van der Waals surface area contributed by atoms with Crippen molar-refractivity contribution in [3.63, 3.8) is 0 Å². The molecule has 0 radical (unpaired) electrons. The smallest absolute Gasteiger partial charge is 0.254 e. The average Bonchev–Trinajstić information content (AvgIpc) is 2.81. The van der Waals surface area contributed by atoms with Gasteiger partial charge < -0.3 is 10.2 Å². The predicted molar refractivity (Wildman–Crippen MR) is 134 cm³/mol. The van der Waals surface area contributed by atoms with Gasteiger partial charge in [0, 0.05) is 17.1 Å². The normalized spacial score (nSPS) is 18.1. The molecule has 0 saturated carbocycles. The van der Waals surface area contributed by atoms with Gasteiger partial charge in [-0.1, -0.05) is 71.7 Å². The molecule has 1 fully saturated rings. The summed E-state index contributed by atoms with van der Waals surface area (Å²) in [7, 11) is 0. The maximum atomic E-state index is 13.8. The van der Waals surface area contributed by atoms with Crippen molar-refractivity contribution in [3.05, 3.63) is 99.0 Å². The van der Waals surface area contributed by atoms with E-state index in [1.165, 1.54) is 0 Å². The second-order valence-electron chi connectivity index (χ2n) is 8.48. The van der Waals surface area contributed by atoms with Crippen molar-refractivity contribution >= 4 is 40.7 Å². The van der Waals surface area contributed by atoms with Gasteiger partial charge in [-0.15, -0.1) is 0 Å². The highest BCUT2D eigenvalue weighted by molar-refractivity contribution is 6.35. The van der Waals surface area contributed by atoms with E-state index >= 15 is 0 Å². The van der Waals surface area contributed by atoms with Gasteiger partial charge in [0.05, 0.1) is 22.7 Å². The Kier molecular flexibility index (Phi) is 7.06. The molecule has 1 aliphatic rings. The van der Waals surface area contributed by atoms with Crippen LogP contribution in [0.3, 0.4) is 0 Å². The maximum Gasteiger partial charge on any atom is 0.254 e. The molecule has 0 spiro atoms. The molecule has 2 atom stereocenters. The Morgan fingerprint density at radius 1 is 0.939 bits per heavy atom. The van der Waals surface area contributed by atoms with E-state index in [4.69, 9.17) is 23.2 Å². The number of halogens is 2. The molecule has 1 N–H and O–H groups in total. The van der Waals surface area contributed by atoms with Gasteiger partial charge in [0.15, 0.2) is 0 Å². The molecule has 0 aliphatic carbocycles. The van der Waals surface area contributed by atoms with Gasteiger partial charge in [0.2, 0.25) is 5.91 Å². The highest BCUT2D eigenvalue weighted by atomic mass is 35.5. The van der Waals surface area contributed by atoms with Gasteiger partial charge in [-0.05, 0) is 61.6 Å². The van der Waals surface area contributed by atoms with Crippen molar-refractivity contribution in [2.75, 3.05) is 11.9 Å². The van der Waals surface area contributed by atoms with E-state index in [-0.39, 0.29) is 17.9 Å². The molecule has 3 aromatic rings. The number of amides is 2. The van der Waals surface area contributed by atoms with Crippen LogP contribution >= 0.6 is 23.2 Å². The van der Waals surface area contributed by atoms with E-state index in [0.29, 0.717) is 34.3 Å². The van der Waals surface area contributed by atoms with Gasteiger partial charge in [-0.2, -0.15) is 0 Å². The van der Waals surface area contributed by atoms with Crippen LogP contribution in [0, 0.1) is 19.8 Å². The predicted octanol–water partition coefficient (Wildman–Crippen LogP) is 6.84. The lowest BCUT2D eigenvalue weighted by molar-refractivity contribution is -0.123. The number of likely N-dealkylation sites (tertiary alicyclic amines) is 1. The zero-order valence-corrected chi connectivity index (χ0v) is 20.2. The van der Waals surface area contributed by atoms with Gasteiger partial charge in [-0.25, -0.2) is 0 Å². The Bertz CT molecular complexity index is 1160. The van der Waals surface area contributed by atoms with Crippen LogP contribution in [-0.2, 0) is 4.79 Å². The van der Waals surface area contributed by atoms with E-state index in [9.17, 15) is 9.59 Å². The molecular formula is C27H26Cl2N2O2. The molecule has 4 rings (SSSR count). The fourth-order valence-corrected chi connectivity index (χ4v) is 5.01. The second-order valence-corrected chi connectivity index (χ2v) is 9.33. The maximum absolute atomic E-state index is 13.8. The first-order valence-electron chi connectivity index (χ1n) is 11.0. The lowest BCUT2D eigenvalue weighted by atomic mass is 9.83. The van der Waals surface area contributed by atoms with Crippen LogP contribution in [0.5, 0.6) is 0 Å². The third-order valence-electron chi connectivity index (χ3n) is 6.25. The van der Waals surface area contributed by atoms with E-state index in [1.807, 2.05) is 67.3 Å². The Balaban J connectivity index is 1.72. The number of hydrogen-bond donors (Lipinski definition) is 1. The Hall–Kier alpha value is -2.82. The number of benzene rings is 3. The summed E-state index contributed by atoms with van der Waals surface area (Å²) in [5.74, 6) is -0.644. The van der Waals surface area contributed by atoms with Crippen molar-refractivity contribution in [1.29, 1.82) is 0 Å². The summed E-state index contributed by atoms with van der Waals surface area (Å²) in [6, 6.07) is 20.2. The summed E-state index contributed by atoms with van der Waals surface area (Å²) in [6.45, 7) is 4.49. The molecule has 3 aromatic carbocycles. The number of carbonyl (C=O) groups excluding carboxylic acids is 2. The number of piperidine rings is 1. The number of carbonyl (C=O) groups is 2. The number of nitrogens with zero attached hydrogens (tertiary/aromatic N) is 1. The summed E-state index contributed by atoms with van der Waals surface area (Å²) in [6.07, 6.45) is 1.40. The van der Waals surface area contributed by atoms with E-state index in [2.05, 4.69) is 5.32 Å². The van der Waals surface area contributed by atoms with Crippen LogP contribution in [-0.4, -0.2) is 23.3 Å². The molecule has 2 amide bonds. The largest absolute Gasteiger partial charge is 0.331 e. The van der Waals surface area contributed by atoms with Crippen LogP contribution in [0.2, 0.25) is 10.0 Å². The van der Waals surface area contributed by atoms with Gasteiger partial charge in [-0.3, -0.25) is 9.59 Å². The van der Waals surface area contributed by atoms with Crippen LogP contribution in [0.25, 0.3) is 0 Å². The van der Waals surface area contributed by atoms with Crippen molar-refractivity contribution in [2.45, 2.75) is 32.7 Å². The van der Waals surface area contributed by atoms with E-state index in [1.54, 1.807) is 18.2 Å². The number of nitrogens with one attached hydrogen (secondary N) is 1.